The number of nitrogens with zero attached hydrogens (tertiary/aromatic N) is 3. The average Bonchev–Trinajstić information content (AvgIpc) is 2.87. The normalized spacial score (nSPS) is 12.4. The number of carbonyl (C=O) groups is 3. The number of halogens is 1. The molecule has 1 N–H and O–H groups in total. The summed E-state index contributed by atoms with van der Waals surface area (Å²) in [6, 6.07) is 6.63. The fourth-order valence-corrected chi connectivity index (χ4v) is 4.22. The third-order valence-electron chi connectivity index (χ3n) is 5.73. The van der Waals surface area contributed by atoms with E-state index in [9.17, 15) is 19.5 Å². The Morgan fingerprint density at radius 2 is 1.55 bits per heavy atom. The van der Waals surface area contributed by atoms with Crippen molar-refractivity contribution < 1.29 is 42.8 Å². The number of fused-ring (bicyclic) bond motifs is 1. The van der Waals surface area contributed by atoms with Gasteiger partial charge in [-0.25, -0.2) is 18.8 Å². The predicted octanol–water partition coefficient (Wildman–Crippen LogP) is 7.28. The maximum atomic E-state index is 15.5. The zero-order valence-corrected chi connectivity index (χ0v) is 26.5. The van der Waals surface area contributed by atoms with E-state index in [0.717, 1.165) is 11.1 Å². The largest absolute Gasteiger partial charge is 0.490 e. The van der Waals surface area contributed by atoms with Crippen molar-refractivity contribution in [2.24, 2.45) is 0 Å². The van der Waals surface area contributed by atoms with Crippen molar-refractivity contribution in [1.82, 2.24) is 9.99 Å². The molecule has 2 aromatic carbocycles. The molecule has 0 radical (unpaired) electrons. The molecule has 0 saturated heterocycles. The van der Waals surface area contributed by atoms with E-state index in [1.807, 2.05) is 13.8 Å². The molecule has 2 amide bonds. The third-order valence-corrected chi connectivity index (χ3v) is 5.73. The van der Waals surface area contributed by atoms with Gasteiger partial charge in [0.1, 0.15) is 17.0 Å². The first-order valence-corrected chi connectivity index (χ1v) is 14.2. The standard InChI is InChI=1S/C32H40FN3O8/c1-10-41-26-16-21(11-12-25(26)42-19(2)3)27(28(37)38)35(22-15-20-13-14-34-18-23(20)24(33)17-22)36(29(39)43-31(4,5)6)30(40)44-32(7,8)9/h11-19,27H,10H2,1-9H3,(H,37,38). The number of benzene rings is 2. The minimum atomic E-state index is -1.79. The van der Waals surface area contributed by atoms with E-state index in [-0.39, 0.29) is 35.1 Å². The fourth-order valence-electron chi connectivity index (χ4n) is 4.22. The number of pyridine rings is 1. The SMILES string of the molecule is CCOc1cc(C(C(=O)O)N(c2cc(F)c3cnccc3c2)N(C(=O)OC(C)(C)C)C(=O)OC(C)(C)C)ccc1OC(C)C. The first-order chi connectivity index (χ1) is 20.4. The molecule has 0 aliphatic heterocycles. The predicted molar refractivity (Wildman–Crippen MR) is 162 cm³/mol. The minimum absolute atomic E-state index is 0.0874. The number of ether oxygens (including phenoxy) is 4. The Bertz CT molecular complexity index is 1490. The van der Waals surface area contributed by atoms with Crippen molar-refractivity contribution in [2.75, 3.05) is 11.6 Å². The summed E-state index contributed by atoms with van der Waals surface area (Å²) in [6.07, 6.45) is 0.0634. The van der Waals surface area contributed by atoms with E-state index >= 15 is 4.39 Å². The van der Waals surface area contributed by atoms with Gasteiger partial charge in [-0.15, -0.1) is 5.01 Å². The third kappa shape index (κ3) is 8.48. The second-order valence-corrected chi connectivity index (χ2v) is 12.2. The van der Waals surface area contributed by atoms with E-state index in [4.69, 9.17) is 18.9 Å². The monoisotopic (exact) mass is 613 g/mol. The van der Waals surface area contributed by atoms with Gasteiger partial charge < -0.3 is 24.1 Å². The number of hydrazine groups is 1. The van der Waals surface area contributed by atoms with Crippen LogP contribution in [0.4, 0.5) is 19.7 Å². The van der Waals surface area contributed by atoms with Crippen molar-refractivity contribution in [3.63, 3.8) is 0 Å². The minimum Gasteiger partial charge on any atom is -0.490 e. The number of hydrogen-bond acceptors (Lipinski definition) is 9. The molecule has 12 heteroatoms. The Labute approximate surface area is 256 Å². The van der Waals surface area contributed by atoms with E-state index in [2.05, 4.69) is 4.98 Å². The topological polar surface area (TPSA) is 128 Å². The first kappa shape index (κ1) is 33.9. The van der Waals surface area contributed by atoms with Crippen molar-refractivity contribution in [2.45, 2.75) is 85.7 Å². The molecule has 1 aromatic heterocycles. The zero-order chi connectivity index (χ0) is 33.0. The molecule has 0 spiro atoms. The van der Waals surface area contributed by atoms with E-state index in [1.165, 1.54) is 42.7 Å². The zero-order valence-electron chi connectivity index (χ0n) is 26.5. The molecule has 3 aromatic rings. The highest BCUT2D eigenvalue weighted by Crippen LogP contribution is 2.38. The lowest BCUT2D eigenvalue weighted by atomic mass is 10.0. The molecule has 0 aliphatic rings. The summed E-state index contributed by atoms with van der Waals surface area (Å²) in [4.78, 5) is 44.7. The lowest BCUT2D eigenvalue weighted by Gasteiger charge is -2.39. The number of carboxylic acids is 1. The summed E-state index contributed by atoms with van der Waals surface area (Å²) >= 11 is 0. The van der Waals surface area contributed by atoms with Crippen molar-refractivity contribution in [3.8, 4) is 11.5 Å². The Morgan fingerprint density at radius 3 is 2.07 bits per heavy atom. The number of rotatable bonds is 9. The molecular weight excluding hydrogens is 573 g/mol. The quantitative estimate of drug-likeness (QED) is 0.246. The molecular formula is C32H40FN3O8. The van der Waals surface area contributed by atoms with Crippen LogP contribution < -0.4 is 14.5 Å². The second kappa shape index (κ2) is 13.4. The highest BCUT2D eigenvalue weighted by molar-refractivity contribution is 5.94. The molecule has 11 nitrogen and oxygen atoms in total. The van der Waals surface area contributed by atoms with E-state index in [1.54, 1.807) is 48.5 Å². The number of aromatic nitrogens is 1. The van der Waals surface area contributed by atoms with Gasteiger partial charge in [-0.1, -0.05) is 6.07 Å². The van der Waals surface area contributed by atoms with Gasteiger partial charge in [0.15, 0.2) is 17.5 Å². The summed E-state index contributed by atoms with van der Waals surface area (Å²) in [7, 11) is 0. The number of hydrogen-bond donors (Lipinski definition) is 1. The van der Waals surface area contributed by atoms with E-state index < -0.39 is 41.2 Å². The van der Waals surface area contributed by atoms with Crippen molar-refractivity contribution in [3.05, 3.63) is 60.2 Å². The first-order valence-electron chi connectivity index (χ1n) is 14.2. The molecule has 0 aliphatic carbocycles. The van der Waals surface area contributed by atoms with Crippen LogP contribution >= 0.6 is 0 Å². The summed E-state index contributed by atoms with van der Waals surface area (Å²) < 4.78 is 38.2. The van der Waals surface area contributed by atoms with Crippen LogP contribution in [0.3, 0.4) is 0 Å². The Morgan fingerprint density at radius 1 is 0.932 bits per heavy atom. The van der Waals surface area contributed by atoms with Crippen molar-refractivity contribution >= 4 is 34.6 Å². The molecule has 238 valence electrons. The number of amides is 2. The van der Waals surface area contributed by atoms with Gasteiger partial charge >= 0.3 is 18.2 Å². The average molecular weight is 614 g/mol. The number of carboxylic acid groups (broad SMARTS) is 1. The van der Waals surface area contributed by atoms with Crippen LogP contribution in [-0.4, -0.2) is 57.2 Å². The van der Waals surface area contributed by atoms with Gasteiger partial charge in [0.2, 0.25) is 0 Å². The van der Waals surface area contributed by atoms with Gasteiger partial charge in [0.25, 0.3) is 0 Å². The van der Waals surface area contributed by atoms with Gasteiger partial charge in [0.05, 0.1) is 18.4 Å². The van der Waals surface area contributed by atoms with Crippen molar-refractivity contribution in [1.29, 1.82) is 0 Å². The summed E-state index contributed by atoms with van der Waals surface area (Å²) in [5.41, 5.74) is -2.25. The summed E-state index contributed by atoms with van der Waals surface area (Å²) in [5, 5.41) is 12.5. The molecule has 44 heavy (non-hydrogen) atoms. The molecule has 0 saturated carbocycles. The second-order valence-electron chi connectivity index (χ2n) is 12.2. The van der Waals surface area contributed by atoms with Crippen LogP contribution in [-0.2, 0) is 14.3 Å². The van der Waals surface area contributed by atoms with Gasteiger partial charge in [-0.05, 0) is 104 Å². The molecule has 1 atom stereocenters. The maximum absolute atomic E-state index is 15.5. The molecule has 0 fully saturated rings. The lowest BCUT2D eigenvalue weighted by molar-refractivity contribution is -0.139. The lowest BCUT2D eigenvalue weighted by Crippen LogP contribution is -2.56. The number of anilines is 1. The Balaban J connectivity index is 2.38. The molecule has 0 bridgehead atoms. The Kier molecular flexibility index (Phi) is 10.3. The Hall–Kier alpha value is -4.61. The van der Waals surface area contributed by atoms with Gasteiger partial charge in [0, 0.05) is 17.8 Å². The maximum Gasteiger partial charge on any atom is 0.439 e. The number of imide groups is 1. The fraction of sp³-hybridized carbons (Fsp3) is 0.438. The van der Waals surface area contributed by atoms with Crippen LogP contribution in [0.2, 0.25) is 0 Å². The smallest absolute Gasteiger partial charge is 0.439 e. The highest BCUT2D eigenvalue weighted by atomic mass is 19.1. The van der Waals surface area contributed by atoms with Gasteiger partial charge in [-0.2, -0.15) is 0 Å². The van der Waals surface area contributed by atoms with Crippen LogP contribution in [0.25, 0.3) is 10.8 Å². The van der Waals surface area contributed by atoms with Crippen LogP contribution in [0.5, 0.6) is 11.5 Å². The molecule has 3 rings (SSSR count). The van der Waals surface area contributed by atoms with Crippen LogP contribution in [0.1, 0.15) is 73.9 Å². The van der Waals surface area contributed by atoms with Crippen LogP contribution in [0.15, 0.2) is 48.8 Å². The van der Waals surface area contributed by atoms with Crippen LogP contribution in [0, 0.1) is 5.82 Å². The van der Waals surface area contributed by atoms with E-state index in [0.29, 0.717) is 16.1 Å². The highest BCUT2D eigenvalue weighted by Gasteiger charge is 2.43. The molecule has 1 unspecified atom stereocenters. The number of aliphatic carboxylic acids is 1. The number of carbonyl (C=O) groups excluding carboxylic acids is 2. The summed E-state index contributed by atoms with van der Waals surface area (Å²) in [5.74, 6) is -1.63. The van der Waals surface area contributed by atoms with Gasteiger partial charge in [-0.3, -0.25) is 9.99 Å². The molecule has 1 heterocycles. The summed E-state index contributed by atoms with van der Waals surface area (Å²) in [6.45, 7) is 15.2.